The minimum Gasteiger partial charge on any atom is -0.279 e. The van der Waals surface area contributed by atoms with E-state index in [2.05, 4.69) is 0 Å². The molecular weight excluding hydrogens is 393 g/mol. The van der Waals surface area contributed by atoms with Crippen molar-refractivity contribution in [2.24, 2.45) is 0 Å². The van der Waals surface area contributed by atoms with Crippen molar-refractivity contribution in [1.29, 1.82) is 0 Å². The summed E-state index contributed by atoms with van der Waals surface area (Å²) in [5.41, 5.74) is 0.728. The first kappa shape index (κ1) is 19.2. The number of sulfonamides is 1. The summed E-state index contributed by atoms with van der Waals surface area (Å²) in [6, 6.07) is 11.9. The highest BCUT2D eigenvalue weighted by molar-refractivity contribution is 7.89. The minimum absolute atomic E-state index is 0.00302. The number of benzene rings is 2. The zero-order chi connectivity index (χ0) is 17.9. The number of halogens is 3. The van der Waals surface area contributed by atoms with Gasteiger partial charge in [0.15, 0.2) is 0 Å². The van der Waals surface area contributed by atoms with E-state index in [4.69, 9.17) is 34.8 Å². The maximum absolute atomic E-state index is 13.0. The first-order valence-corrected chi connectivity index (χ1v) is 9.51. The van der Waals surface area contributed by atoms with Gasteiger partial charge in [-0.15, -0.1) is 0 Å². The van der Waals surface area contributed by atoms with Gasteiger partial charge in [-0.1, -0.05) is 53.5 Å². The van der Waals surface area contributed by atoms with Gasteiger partial charge in [-0.3, -0.25) is 4.79 Å². The Hall–Kier alpha value is -1.11. The van der Waals surface area contributed by atoms with Crippen molar-refractivity contribution in [1.82, 2.24) is 4.31 Å². The molecule has 0 aliphatic carbocycles. The molecule has 0 aromatic heterocycles. The molecule has 0 N–H and O–H groups in total. The Kier molecular flexibility index (Phi) is 6.28. The topological polar surface area (TPSA) is 54.5 Å². The van der Waals surface area contributed by atoms with Crippen molar-refractivity contribution in [2.75, 3.05) is 0 Å². The maximum Gasteiger partial charge on any atom is 0.244 e. The Balaban J connectivity index is 2.48. The molecule has 0 fully saturated rings. The van der Waals surface area contributed by atoms with E-state index in [9.17, 15) is 13.2 Å². The van der Waals surface area contributed by atoms with E-state index in [-0.39, 0.29) is 21.5 Å². The van der Waals surface area contributed by atoms with Crippen molar-refractivity contribution in [3.63, 3.8) is 0 Å². The lowest BCUT2D eigenvalue weighted by atomic mass is 10.2. The lowest BCUT2D eigenvalue weighted by Crippen LogP contribution is -2.41. The number of hydrogen-bond acceptors (Lipinski definition) is 3. The summed E-state index contributed by atoms with van der Waals surface area (Å²) in [7, 11) is -4.00. The van der Waals surface area contributed by atoms with E-state index in [1.165, 1.54) is 25.1 Å². The SMILES string of the molecule is CC(C(=O)Cl)N(Cc1ccccc1)S(=O)(=O)c1ccc(Cl)c(Cl)c1. The summed E-state index contributed by atoms with van der Waals surface area (Å²) in [5.74, 6) is 0. The van der Waals surface area contributed by atoms with Gasteiger partial charge in [0.05, 0.1) is 21.0 Å². The molecule has 0 heterocycles. The van der Waals surface area contributed by atoms with Gasteiger partial charge in [0, 0.05) is 6.54 Å². The first-order valence-electron chi connectivity index (χ1n) is 6.93. The van der Waals surface area contributed by atoms with E-state index in [0.29, 0.717) is 0 Å². The Morgan fingerprint density at radius 1 is 1.08 bits per heavy atom. The molecule has 8 heteroatoms. The third kappa shape index (κ3) is 4.29. The molecule has 0 aliphatic rings. The number of carbonyl (C=O) groups is 1. The van der Waals surface area contributed by atoms with Gasteiger partial charge in [0.1, 0.15) is 0 Å². The first-order chi connectivity index (χ1) is 11.2. The van der Waals surface area contributed by atoms with Gasteiger partial charge in [0.25, 0.3) is 0 Å². The minimum atomic E-state index is -4.00. The molecule has 1 atom stereocenters. The van der Waals surface area contributed by atoms with Gasteiger partial charge in [-0.05, 0) is 42.3 Å². The normalized spacial score (nSPS) is 13.0. The van der Waals surface area contributed by atoms with E-state index in [0.717, 1.165) is 9.87 Å². The van der Waals surface area contributed by atoms with Crippen LogP contribution in [0.3, 0.4) is 0 Å². The van der Waals surface area contributed by atoms with E-state index in [1.54, 1.807) is 24.3 Å². The number of hydrogen-bond donors (Lipinski definition) is 0. The molecule has 0 radical (unpaired) electrons. The van der Waals surface area contributed by atoms with Crippen LogP contribution in [0.1, 0.15) is 12.5 Å². The number of nitrogens with zero attached hydrogens (tertiary/aromatic N) is 1. The molecule has 0 aliphatic heterocycles. The quantitative estimate of drug-likeness (QED) is 0.671. The maximum atomic E-state index is 13.0. The number of carbonyl (C=O) groups excluding carboxylic acids is 1. The molecule has 2 aromatic carbocycles. The molecule has 128 valence electrons. The van der Waals surface area contributed by atoms with E-state index < -0.39 is 21.3 Å². The number of rotatable bonds is 6. The fourth-order valence-electron chi connectivity index (χ4n) is 2.08. The molecule has 2 aromatic rings. The van der Waals surface area contributed by atoms with Crippen LogP contribution in [0, 0.1) is 0 Å². The molecular formula is C16H14Cl3NO3S. The second-order valence-corrected chi connectivity index (χ2v) is 8.17. The van der Waals surface area contributed by atoms with Crippen LogP contribution in [0.15, 0.2) is 53.4 Å². The van der Waals surface area contributed by atoms with Crippen LogP contribution < -0.4 is 0 Å². The fourth-order valence-corrected chi connectivity index (χ4v) is 4.23. The molecule has 2 rings (SSSR count). The average Bonchev–Trinajstić information content (AvgIpc) is 2.55. The summed E-state index contributed by atoms with van der Waals surface area (Å²) >= 11 is 17.3. The lowest BCUT2D eigenvalue weighted by molar-refractivity contribution is -0.114. The molecule has 0 spiro atoms. The van der Waals surface area contributed by atoms with Crippen LogP contribution in [0.5, 0.6) is 0 Å². The van der Waals surface area contributed by atoms with Gasteiger partial charge in [0.2, 0.25) is 15.3 Å². The van der Waals surface area contributed by atoms with Crippen molar-refractivity contribution in [3.05, 3.63) is 64.1 Å². The van der Waals surface area contributed by atoms with Gasteiger partial charge in [-0.25, -0.2) is 8.42 Å². The van der Waals surface area contributed by atoms with E-state index >= 15 is 0 Å². The summed E-state index contributed by atoms with van der Waals surface area (Å²) in [6.45, 7) is 1.44. The highest BCUT2D eigenvalue weighted by atomic mass is 35.5. The molecule has 0 bridgehead atoms. The summed E-state index contributed by atoms with van der Waals surface area (Å²) in [5, 5.41) is -0.413. The zero-order valence-corrected chi connectivity index (χ0v) is 15.7. The van der Waals surface area contributed by atoms with Crippen LogP contribution in [-0.2, 0) is 21.4 Å². The molecule has 0 saturated heterocycles. The monoisotopic (exact) mass is 405 g/mol. The van der Waals surface area contributed by atoms with Gasteiger partial charge in [-0.2, -0.15) is 4.31 Å². The van der Waals surface area contributed by atoms with Crippen molar-refractivity contribution < 1.29 is 13.2 Å². The fraction of sp³-hybridized carbons (Fsp3) is 0.188. The summed E-state index contributed by atoms with van der Waals surface area (Å²) in [4.78, 5) is 11.5. The largest absolute Gasteiger partial charge is 0.279 e. The molecule has 24 heavy (non-hydrogen) atoms. The van der Waals surface area contributed by atoms with Crippen LogP contribution in [0.4, 0.5) is 0 Å². The molecule has 1 unspecified atom stereocenters. The molecule has 0 saturated carbocycles. The third-order valence-corrected chi connectivity index (χ3v) is 6.41. The second-order valence-electron chi connectivity index (χ2n) is 5.09. The second kappa shape index (κ2) is 7.85. The van der Waals surface area contributed by atoms with Crippen molar-refractivity contribution >= 4 is 50.1 Å². The van der Waals surface area contributed by atoms with Crippen molar-refractivity contribution in [2.45, 2.75) is 24.4 Å². The molecule has 4 nitrogen and oxygen atoms in total. The zero-order valence-electron chi connectivity index (χ0n) is 12.6. The highest BCUT2D eigenvalue weighted by Crippen LogP contribution is 2.28. The third-order valence-electron chi connectivity index (χ3n) is 3.44. The van der Waals surface area contributed by atoms with Gasteiger partial charge >= 0.3 is 0 Å². The van der Waals surface area contributed by atoms with Crippen LogP contribution in [0.25, 0.3) is 0 Å². The van der Waals surface area contributed by atoms with Crippen LogP contribution >= 0.6 is 34.8 Å². The standard InChI is InChI=1S/C16H14Cl3NO3S/c1-11(16(19)21)20(10-12-5-3-2-4-6-12)24(22,23)13-7-8-14(17)15(18)9-13/h2-9,11H,10H2,1H3. The highest BCUT2D eigenvalue weighted by Gasteiger charge is 2.32. The Labute approximate surface area is 156 Å². The Morgan fingerprint density at radius 2 is 1.71 bits per heavy atom. The summed E-state index contributed by atoms with van der Waals surface area (Å²) in [6.07, 6.45) is 0. The van der Waals surface area contributed by atoms with Crippen LogP contribution in [-0.4, -0.2) is 24.0 Å². The summed E-state index contributed by atoms with van der Waals surface area (Å²) < 4.78 is 27.0. The Bertz CT molecular complexity index is 841. The Morgan fingerprint density at radius 3 is 2.25 bits per heavy atom. The average molecular weight is 407 g/mol. The smallest absolute Gasteiger partial charge is 0.244 e. The van der Waals surface area contributed by atoms with Crippen molar-refractivity contribution in [3.8, 4) is 0 Å². The van der Waals surface area contributed by atoms with Crippen LogP contribution in [0.2, 0.25) is 10.0 Å². The lowest BCUT2D eigenvalue weighted by Gasteiger charge is -2.26. The van der Waals surface area contributed by atoms with Gasteiger partial charge < -0.3 is 0 Å². The van der Waals surface area contributed by atoms with E-state index in [1.807, 2.05) is 6.07 Å². The molecule has 0 amide bonds. The predicted molar refractivity (Wildman–Crippen MR) is 96.0 cm³/mol. The predicted octanol–water partition coefficient (Wildman–Crippen LogP) is 4.34.